The Bertz CT molecular complexity index is 600. The van der Waals surface area contributed by atoms with Crippen molar-refractivity contribution in [1.29, 1.82) is 0 Å². The van der Waals surface area contributed by atoms with Crippen LogP contribution in [0.15, 0.2) is 46.2 Å². The Morgan fingerprint density at radius 3 is 2.45 bits per heavy atom. The van der Waals surface area contributed by atoms with E-state index in [9.17, 15) is 8.42 Å². The van der Waals surface area contributed by atoms with Gasteiger partial charge in [-0.3, -0.25) is 0 Å². The van der Waals surface area contributed by atoms with Crippen molar-refractivity contribution in [3.63, 3.8) is 0 Å². The van der Waals surface area contributed by atoms with E-state index in [-0.39, 0.29) is 4.90 Å². The number of ether oxygens (including phenoxy) is 1. The molecule has 0 atom stereocenters. The molecule has 1 aliphatic heterocycles. The summed E-state index contributed by atoms with van der Waals surface area (Å²) in [6, 6.07) is 6.64. The molecule has 2 rings (SSSR count). The summed E-state index contributed by atoms with van der Waals surface area (Å²) in [5.74, 6) is 0.369. The minimum Gasteiger partial charge on any atom is -0.378 e. The van der Waals surface area contributed by atoms with E-state index >= 15 is 0 Å². The predicted molar refractivity (Wildman–Crippen MR) is 78.4 cm³/mol. The van der Waals surface area contributed by atoms with Crippen LogP contribution in [0.3, 0.4) is 0 Å². The van der Waals surface area contributed by atoms with E-state index in [1.165, 1.54) is 6.08 Å². The van der Waals surface area contributed by atoms with Crippen molar-refractivity contribution in [3.8, 4) is 0 Å². The first-order valence-corrected chi connectivity index (χ1v) is 7.84. The van der Waals surface area contributed by atoms with Gasteiger partial charge in [-0.15, -0.1) is 4.40 Å². The number of sulfonamides is 1. The van der Waals surface area contributed by atoms with Gasteiger partial charge in [-0.25, -0.2) is 0 Å². The molecule has 0 amide bonds. The van der Waals surface area contributed by atoms with Gasteiger partial charge in [0, 0.05) is 13.1 Å². The number of morpholine rings is 1. The van der Waals surface area contributed by atoms with Crippen LogP contribution < -0.4 is 0 Å². The third-order valence-electron chi connectivity index (χ3n) is 3.05. The van der Waals surface area contributed by atoms with Gasteiger partial charge in [-0.05, 0) is 25.1 Å². The van der Waals surface area contributed by atoms with E-state index in [1.807, 2.05) is 11.8 Å². The highest BCUT2D eigenvalue weighted by molar-refractivity contribution is 7.90. The van der Waals surface area contributed by atoms with E-state index in [1.54, 1.807) is 24.3 Å². The number of benzene rings is 1. The van der Waals surface area contributed by atoms with Crippen LogP contribution >= 0.6 is 0 Å². The fourth-order valence-electron chi connectivity index (χ4n) is 1.90. The zero-order chi connectivity index (χ0) is 14.6. The molecule has 0 saturated carbocycles. The molecule has 0 bridgehead atoms. The molecule has 20 heavy (non-hydrogen) atoms. The summed E-state index contributed by atoms with van der Waals surface area (Å²) in [5.41, 5.74) is 1.00. The van der Waals surface area contributed by atoms with Crippen LogP contribution in [0.5, 0.6) is 0 Å². The topological polar surface area (TPSA) is 59.0 Å². The SMILES string of the molecule is C=C/C(=N\S(=O)(=O)c1ccc(C)cc1)N1CCOCC1. The Balaban J connectivity index is 2.29. The number of nitrogens with zero attached hydrogens (tertiary/aromatic N) is 2. The highest BCUT2D eigenvalue weighted by Crippen LogP contribution is 2.14. The first kappa shape index (κ1) is 14.7. The molecule has 1 heterocycles. The zero-order valence-corrected chi connectivity index (χ0v) is 12.3. The van der Waals surface area contributed by atoms with Gasteiger partial charge in [0.2, 0.25) is 0 Å². The molecule has 5 nitrogen and oxygen atoms in total. The van der Waals surface area contributed by atoms with Gasteiger partial charge < -0.3 is 9.64 Å². The summed E-state index contributed by atoms with van der Waals surface area (Å²) >= 11 is 0. The van der Waals surface area contributed by atoms with Crippen molar-refractivity contribution in [2.24, 2.45) is 4.40 Å². The lowest BCUT2D eigenvalue weighted by atomic mass is 10.2. The Morgan fingerprint density at radius 2 is 1.90 bits per heavy atom. The van der Waals surface area contributed by atoms with E-state index in [4.69, 9.17) is 4.74 Å². The quantitative estimate of drug-likeness (QED) is 0.627. The number of aryl methyl sites for hydroxylation is 1. The van der Waals surface area contributed by atoms with E-state index in [0.717, 1.165) is 5.56 Å². The zero-order valence-electron chi connectivity index (χ0n) is 11.4. The minimum atomic E-state index is -3.70. The van der Waals surface area contributed by atoms with Gasteiger partial charge in [-0.2, -0.15) is 8.42 Å². The average molecular weight is 294 g/mol. The van der Waals surface area contributed by atoms with E-state index in [2.05, 4.69) is 11.0 Å². The van der Waals surface area contributed by atoms with Crippen molar-refractivity contribution in [2.45, 2.75) is 11.8 Å². The molecule has 1 aromatic rings. The maximum atomic E-state index is 12.3. The molecule has 0 N–H and O–H groups in total. The summed E-state index contributed by atoms with van der Waals surface area (Å²) < 4.78 is 33.7. The van der Waals surface area contributed by atoms with Crippen molar-refractivity contribution < 1.29 is 13.2 Å². The Kier molecular flexibility index (Phi) is 4.57. The van der Waals surface area contributed by atoms with Crippen LogP contribution in [-0.4, -0.2) is 45.5 Å². The Hall–Kier alpha value is -1.66. The summed E-state index contributed by atoms with van der Waals surface area (Å²) in [6.07, 6.45) is 1.47. The van der Waals surface area contributed by atoms with Crippen LogP contribution in [-0.2, 0) is 14.8 Å². The average Bonchev–Trinajstić information content (AvgIpc) is 2.46. The maximum Gasteiger partial charge on any atom is 0.284 e. The summed E-state index contributed by atoms with van der Waals surface area (Å²) in [7, 11) is -3.70. The first-order valence-electron chi connectivity index (χ1n) is 6.40. The highest BCUT2D eigenvalue weighted by Gasteiger charge is 2.18. The molecule has 6 heteroatoms. The molecule has 0 unspecified atom stereocenters. The van der Waals surface area contributed by atoms with Gasteiger partial charge in [-0.1, -0.05) is 24.3 Å². The van der Waals surface area contributed by atoms with Crippen LogP contribution in [0, 0.1) is 6.92 Å². The van der Waals surface area contributed by atoms with E-state index in [0.29, 0.717) is 32.1 Å². The fraction of sp³-hybridized carbons (Fsp3) is 0.357. The molecule has 108 valence electrons. The standard InChI is InChI=1S/C14H18N2O3S/c1-3-14(16-8-10-19-11-9-16)15-20(17,18)13-6-4-12(2)5-7-13/h3-7H,1,8-11H2,2H3/b15-14+. The van der Waals surface area contributed by atoms with Crippen molar-refractivity contribution in [1.82, 2.24) is 4.90 Å². The maximum absolute atomic E-state index is 12.3. The molecule has 0 aromatic heterocycles. The second-order valence-electron chi connectivity index (χ2n) is 4.54. The first-order chi connectivity index (χ1) is 9.53. The third kappa shape index (κ3) is 3.46. The lowest BCUT2D eigenvalue weighted by Gasteiger charge is -2.28. The van der Waals surface area contributed by atoms with Crippen molar-refractivity contribution in [3.05, 3.63) is 42.5 Å². The molecule has 1 aromatic carbocycles. The molecule has 0 radical (unpaired) electrons. The Morgan fingerprint density at radius 1 is 1.30 bits per heavy atom. The second kappa shape index (κ2) is 6.19. The number of rotatable bonds is 3. The largest absolute Gasteiger partial charge is 0.378 e. The van der Waals surface area contributed by atoms with Gasteiger partial charge in [0.05, 0.1) is 18.1 Å². The molecule has 0 spiro atoms. The summed E-state index contributed by atoms with van der Waals surface area (Å²) in [4.78, 5) is 2.05. The number of hydrogen-bond donors (Lipinski definition) is 0. The van der Waals surface area contributed by atoms with Gasteiger partial charge >= 0.3 is 0 Å². The molecular weight excluding hydrogens is 276 g/mol. The summed E-state index contributed by atoms with van der Waals surface area (Å²) in [5, 5.41) is 0. The molecular formula is C14H18N2O3S. The van der Waals surface area contributed by atoms with Gasteiger partial charge in [0.25, 0.3) is 10.0 Å². The van der Waals surface area contributed by atoms with E-state index < -0.39 is 10.0 Å². The Labute approximate surface area is 119 Å². The number of hydrogen-bond acceptors (Lipinski definition) is 3. The monoisotopic (exact) mass is 294 g/mol. The van der Waals surface area contributed by atoms with Crippen LogP contribution in [0.1, 0.15) is 5.56 Å². The normalized spacial score (nSPS) is 17.1. The lowest BCUT2D eigenvalue weighted by Crippen LogP contribution is -2.40. The lowest BCUT2D eigenvalue weighted by molar-refractivity contribution is 0.0685. The predicted octanol–water partition coefficient (Wildman–Crippen LogP) is 1.60. The third-order valence-corrected chi connectivity index (χ3v) is 4.35. The summed E-state index contributed by atoms with van der Waals surface area (Å²) in [6.45, 7) is 7.93. The van der Waals surface area contributed by atoms with Crippen LogP contribution in [0.4, 0.5) is 0 Å². The smallest absolute Gasteiger partial charge is 0.284 e. The van der Waals surface area contributed by atoms with Crippen molar-refractivity contribution in [2.75, 3.05) is 26.3 Å². The fourth-order valence-corrected chi connectivity index (χ4v) is 2.92. The number of amidine groups is 1. The highest BCUT2D eigenvalue weighted by atomic mass is 32.2. The van der Waals surface area contributed by atoms with Crippen LogP contribution in [0.25, 0.3) is 0 Å². The second-order valence-corrected chi connectivity index (χ2v) is 6.15. The molecule has 1 aliphatic rings. The molecule has 1 saturated heterocycles. The van der Waals surface area contributed by atoms with Crippen molar-refractivity contribution >= 4 is 15.9 Å². The minimum absolute atomic E-state index is 0.190. The van der Waals surface area contributed by atoms with Gasteiger partial charge in [0.1, 0.15) is 5.84 Å². The molecule has 1 fully saturated rings. The molecule has 0 aliphatic carbocycles. The van der Waals surface area contributed by atoms with Crippen LogP contribution in [0.2, 0.25) is 0 Å². The van der Waals surface area contributed by atoms with Gasteiger partial charge in [0.15, 0.2) is 0 Å².